The molecular weight excluding hydrogens is 236 g/mol. The van der Waals surface area contributed by atoms with Crippen LogP contribution in [0.2, 0.25) is 0 Å². The highest BCUT2D eigenvalue weighted by atomic mass is 16.1. The Hall–Kier alpha value is -1.35. The van der Waals surface area contributed by atoms with Crippen molar-refractivity contribution in [3.05, 3.63) is 29.3 Å². The summed E-state index contributed by atoms with van der Waals surface area (Å²) in [6.45, 7) is 0. The van der Waals surface area contributed by atoms with Crippen molar-refractivity contribution in [1.29, 1.82) is 0 Å². The van der Waals surface area contributed by atoms with Crippen LogP contribution in [0, 0.1) is 5.92 Å². The summed E-state index contributed by atoms with van der Waals surface area (Å²) in [5, 5.41) is 6.44. The van der Waals surface area contributed by atoms with E-state index in [4.69, 9.17) is 0 Å². The zero-order chi connectivity index (χ0) is 13.2. The van der Waals surface area contributed by atoms with Crippen molar-refractivity contribution in [2.45, 2.75) is 44.6 Å². The monoisotopic (exact) mass is 258 g/mol. The van der Waals surface area contributed by atoms with Crippen molar-refractivity contribution in [1.82, 2.24) is 5.32 Å². The van der Waals surface area contributed by atoms with E-state index in [-0.39, 0.29) is 5.91 Å². The van der Waals surface area contributed by atoms with E-state index in [9.17, 15) is 4.79 Å². The van der Waals surface area contributed by atoms with Crippen LogP contribution in [-0.4, -0.2) is 13.0 Å². The molecule has 1 aliphatic heterocycles. The van der Waals surface area contributed by atoms with Crippen molar-refractivity contribution in [3.63, 3.8) is 0 Å². The summed E-state index contributed by atoms with van der Waals surface area (Å²) < 4.78 is 0. The molecule has 3 rings (SSSR count). The zero-order valence-corrected chi connectivity index (χ0v) is 11.5. The van der Waals surface area contributed by atoms with E-state index in [1.807, 2.05) is 0 Å². The third-order valence-electron chi connectivity index (χ3n) is 4.57. The number of benzene rings is 1. The van der Waals surface area contributed by atoms with Crippen LogP contribution in [0.5, 0.6) is 0 Å². The lowest BCUT2D eigenvalue weighted by Crippen LogP contribution is -2.24. The number of carbonyl (C=O) groups is 1. The third-order valence-corrected chi connectivity index (χ3v) is 4.57. The molecule has 1 fully saturated rings. The molecule has 2 N–H and O–H groups in total. The Morgan fingerprint density at radius 1 is 1.26 bits per heavy atom. The number of amides is 1. The van der Waals surface area contributed by atoms with Gasteiger partial charge in [0, 0.05) is 18.2 Å². The third kappa shape index (κ3) is 2.52. The Kier molecular flexibility index (Phi) is 3.56. The molecule has 1 unspecified atom stereocenters. The lowest BCUT2D eigenvalue weighted by molar-refractivity contribution is -0.116. The van der Waals surface area contributed by atoms with Gasteiger partial charge in [-0.15, -0.1) is 0 Å². The Balaban J connectivity index is 1.85. The van der Waals surface area contributed by atoms with Crippen molar-refractivity contribution in [2.24, 2.45) is 5.92 Å². The van der Waals surface area contributed by atoms with Gasteiger partial charge in [0.15, 0.2) is 0 Å². The van der Waals surface area contributed by atoms with Gasteiger partial charge < -0.3 is 10.6 Å². The molecule has 19 heavy (non-hydrogen) atoms. The summed E-state index contributed by atoms with van der Waals surface area (Å²) >= 11 is 0. The quantitative estimate of drug-likeness (QED) is 0.875. The molecule has 2 aliphatic rings. The van der Waals surface area contributed by atoms with E-state index in [1.54, 1.807) is 0 Å². The molecule has 3 nitrogen and oxygen atoms in total. The Morgan fingerprint density at radius 3 is 2.79 bits per heavy atom. The van der Waals surface area contributed by atoms with Crippen LogP contribution < -0.4 is 10.6 Å². The molecule has 0 saturated heterocycles. The predicted molar refractivity (Wildman–Crippen MR) is 77.2 cm³/mol. The maximum atomic E-state index is 11.4. The number of nitrogens with one attached hydrogen (secondary N) is 2. The minimum absolute atomic E-state index is 0.140. The lowest BCUT2D eigenvalue weighted by Gasteiger charge is -2.25. The first-order chi connectivity index (χ1) is 9.28. The van der Waals surface area contributed by atoms with Crippen LogP contribution in [0.3, 0.4) is 0 Å². The molecule has 3 heteroatoms. The number of hydrogen-bond acceptors (Lipinski definition) is 2. The molecule has 102 valence electrons. The van der Waals surface area contributed by atoms with Gasteiger partial charge in [-0.2, -0.15) is 0 Å². The summed E-state index contributed by atoms with van der Waals surface area (Å²) in [7, 11) is 2.06. The minimum Gasteiger partial charge on any atom is -0.326 e. The van der Waals surface area contributed by atoms with Crippen LogP contribution in [0.15, 0.2) is 18.2 Å². The molecule has 0 radical (unpaired) electrons. The lowest BCUT2D eigenvalue weighted by atomic mass is 9.89. The fourth-order valence-electron chi connectivity index (χ4n) is 3.56. The first kappa shape index (κ1) is 12.7. The van der Waals surface area contributed by atoms with Gasteiger partial charge >= 0.3 is 0 Å². The van der Waals surface area contributed by atoms with Crippen LogP contribution in [0.1, 0.15) is 49.3 Å². The number of hydrogen-bond donors (Lipinski definition) is 2. The van der Waals surface area contributed by atoms with Gasteiger partial charge in [0.25, 0.3) is 0 Å². The normalized spacial score (nSPS) is 21.0. The highest BCUT2D eigenvalue weighted by Gasteiger charge is 2.26. The first-order valence-corrected chi connectivity index (χ1v) is 7.38. The standard InChI is InChI=1S/C16H22N2O/c1-17-16(11-4-2-3-5-11)13-6-8-14-12(10-13)7-9-15(19)18-14/h6,8,10-11,16-17H,2-5,7,9H2,1H3,(H,18,19). The van der Waals surface area contributed by atoms with Crippen LogP contribution in [0.25, 0.3) is 0 Å². The van der Waals surface area contributed by atoms with E-state index in [2.05, 4.69) is 35.9 Å². The Labute approximate surface area is 114 Å². The van der Waals surface area contributed by atoms with E-state index in [0.717, 1.165) is 18.0 Å². The topological polar surface area (TPSA) is 41.1 Å². The largest absolute Gasteiger partial charge is 0.326 e. The van der Waals surface area contributed by atoms with Crippen molar-refractivity contribution >= 4 is 11.6 Å². The van der Waals surface area contributed by atoms with Crippen molar-refractivity contribution in [2.75, 3.05) is 12.4 Å². The number of rotatable bonds is 3. The van der Waals surface area contributed by atoms with E-state index >= 15 is 0 Å². The second kappa shape index (κ2) is 5.33. The Morgan fingerprint density at radius 2 is 2.05 bits per heavy atom. The number of anilines is 1. The fraction of sp³-hybridized carbons (Fsp3) is 0.562. The molecule has 0 bridgehead atoms. The SMILES string of the molecule is CNC(c1ccc2c(c1)CCC(=O)N2)C1CCCC1. The molecule has 1 aromatic carbocycles. The summed E-state index contributed by atoms with van der Waals surface area (Å²) in [6.07, 6.45) is 6.88. The molecule has 1 heterocycles. The fourth-order valence-corrected chi connectivity index (χ4v) is 3.56. The predicted octanol–water partition coefficient (Wildman–Crippen LogP) is 3.02. The molecule has 1 aromatic rings. The summed E-state index contributed by atoms with van der Waals surface area (Å²) in [5.74, 6) is 0.905. The molecule has 1 amide bonds. The van der Waals surface area contributed by atoms with Crippen LogP contribution >= 0.6 is 0 Å². The zero-order valence-electron chi connectivity index (χ0n) is 11.5. The van der Waals surface area contributed by atoms with Gasteiger partial charge in [0.1, 0.15) is 0 Å². The summed E-state index contributed by atoms with van der Waals surface area (Å²) in [6, 6.07) is 6.99. The number of fused-ring (bicyclic) bond motifs is 1. The highest BCUT2D eigenvalue weighted by molar-refractivity contribution is 5.93. The van der Waals surface area contributed by atoms with Crippen LogP contribution in [-0.2, 0) is 11.2 Å². The first-order valence-electron chi connectivity index (χ1n) is 7.38. The van der Waals surface area contributed by atoms with Gasteiger partial charge in [-0.1, -0.05) is 25.0 Å². The van der Waals surface area contributed by atoms with Gasteiger partial charge in [-0.3, -0.25) is 4.79 Å². The second-order valence-corrected chi connectivity index (χ2v) is 5.78. The molecular formula is C16H22N2O. The molecule has 0 spiro atoms. The van der Waals surface area contributed by atoms with E-state index < -0.39 is 0 Å². The highest BCUT2D eigenvalue weighted by Crippen LogP contribution is 2.37. The van der Waals surface area contributed by atoms with E-state index in [1.165, 1.54) is 36.8 Å². The average Bonchev–Trinajstić information content (AvgIpc) is 2.93. The van der Waals surface area contributed by atoms with Gasteiger partial charge in [0.2, 0.25) is 5.91 Å². The van der Waals surface area contributed by atoms with Gasteiger partial charge in [-0.25, -0.2) is 0 Å². The number of carbonyl (C=O) groups excluding carboxylic acids is 1. The van der Waals surface area contributed by atoms with Crippen LogP contribution in [0.4, 0.5) is 5.69 Å². The Bertz CT molecular complexity index is 478. The smallest absolute Gasteiger partial charge is 0.224 e. The summed E-state index contributed by atoms with van der Waals surface area (Å²) in [5.41, 5.74) is 3.67. The summed E-state index contributed by atoms with van der Waals surface area (Å²) in [4.78, 5) is 11.4. The second-order valence-electron chi connectivity index (χ2n) is 5.78. The average molecular weight is 258 g/mol. The van der Waals surface area contributed by atoms with E-state index in [0.29, 0.717) is 12.5 Å². The van der Waals surface area contributed by atoms with Gasteiger partial charge in [0.05, 0.1) is 0 Å². The van der Waals surface area contributed by atoms with Crippen molar-refractivity contribution in [3.8, 4) is 0 Å². The van der Waals surface area contributed by atoms with Gasteiger partial charge in [-0.05, 0) is 49.4 Å². The maximum absolute atomic E-state index is 11.4. The molecule has 0 aromatic heterocycles. The molecule has 1 aliphatic carbocycles. The molecule has 1 atom stereocenters. The van der Waals surface area contributed by atoms with Crippen molar-refractivity contribution < 1.29 is 4.79 Å². The number of aryl methyl sites for hydroxylation is 1. The minimum atomic E-state index is 0.140. The maximum Gasteiger partial charge on any atom is 0.224 e. The molecule has 1 saturated carbocycles.